The van der Waals surface area contributed by atoms with E-state index in [2.05, 4.69) is 21.4 Å². The van der Waals surface area contributed by atoms with Crippen LogP contribution in [0.5, 0.6) is 0 Å². The van der Waals surface area contributed by atoms with Crippen molar-refractivity contribution in [2.75, 3.05) is 13.2 Å². The summed E-state index contributed by atoms with van der Waals surface area (Å²) in [6.45, 7) is 1.54. The van der Waals surface area contributed by atoms with E-state index in [0.717, 1.165) is 30.5 Å². The Bertz CT molecular complexity index is 397. The molecule has 1 heterocycles. The third-order valence-corrected chi connectivity index (χ3v) is 3.99. The highest BCUT2D eigenvalue weighted by Crippen LogP contribution is 2.23. The van der Waals surface area contributed by atoms with Gasteiger partial charge in [-0.3, -0.25) is 11.3 Å². The van der Waals surface area contributed by atoms with E-state index >= 15 is 0 Å². The van der Waals surface area contributed by atoms with Crippen LogP contribution in [0.15, 0.2) is 22.7 Å². The molecule has 1 aromatic rings. The largest absolute Gasteiger partial charge is 0.381 e. The third-order valence-electron chi connectivity index (χ3n) is 3.50. The molecule has 0 bridgehead atoms. The normalized spacial score (nSPS) is 18.8. The molecule has 1 fully saturated rings. The Labute approximate surface area is 115 Å². The molecule has 100 valence electrons. The molecule has 1 saturated heterocycles. The maximum Gasteiger partial charge on any atom is 0.126 e. The van der Waals surface area contributed by atoms with E-state index < -0.39 is 0 Å². The number of hydrogen-bond donors (Lipinski definition) is 2. The highest BCUT2D eigenvalue weighted by atomic mass is 79.9. The third kappa shape index (κ3) is 3.51. The Morgan fingerprint density at radius 1 is 1.44 bits per heavy atom. The maximum atomic E-state index is 13.7. The fourth-order valence-corrected chi connectivity index (χ4v) is 2.83. The summed E-state index contributed by atoms with van der Waals surface area (Å²) >= 11 is 3.37. The Hall–Kier alpha value is -0.490. The number of rotatable bonds is 4. The van der Waals surface area contributed by atoms with Crippen molar-refractivity contribution in [3.63, 3.8) is 0 Å². The van der Waals surface area contributed by atoms with Crippen molar-refractivity contribution >= 4 is 15.9 Å². The molecule has 3 nitrogen and oxygen atoms in total. The summed E-state index contributed by atoms with van der Waals surface area (Å²) in [6, 6.07) is 5.10. The Morgan fingerprint density at radius 2 is 2.17 bits per heavy atom. The first kappa shape index (κ1) is 13.9. The second kappa shape index (κ2) is 6.61. The van der Waals surface area contributed by atoms with Crippen molar-refractivity contribution in [1.82, 2.24) is 5.43 Å². The molecule has 2 rings (SSSR count). The summed E-state index contributed by atoms with van der Waals surface area (Å²) < 4.78 is 19.9. The van der Waals surface area contributed by atoms with Crippen LogP contribution in [0.4, 0.5) is 4.39 Å². The Morgan fingerprint density at radius 3 is 2.83 bits per heavy atom. The van der Waals surface area contributed by atoms with Crippen LogP contribution in [0.3, 0.4) is 0 Å². The first-order valence-corrected chi connectivity index (χ1v) is 6.98. The van der Waals surface area contributed by atoms with Gasteiger partial charge in [-0.1, -0.05) is 15.9 Å². The molecular formula is C13H18BrFN2O. The minimum absolute atomic E-state index is 0.0951. The van der Waals surface area contributed by atoms with Crippen LogP contribution in [0.25, 0.3) is 0 Å². The lowest BCUT2D eigenvalue weighted by Crippen LogP contribution is -2.44. The number of ether oxygens (including phenoxy) is 1. The lowest BCUT2D eigenvalue weighted by atomic mass is 9.88. The summed E-state index contributed by atoms with van der Waals surface area (Å²) in [6.07, 6.45) is 2.56. The molecule has 0 aromatic heterocycles. The molecule has 5 heteroatoms. The van der Waals surface area contributed by atoms with Gasteiger partial charge in [0.05, 0.1) is 0 Å². The number of hydrazine groups is 1. The monoisotopic (exact) mass is 316 g/mol. The highest BCUT2D eigenvalue weighted by molar-refractivity contribution is 9.10. The fourth-order valence-electron chi connectivity index (χ4n) is 2.42. The standard InChI is InChI=1S/C13H18BrFN2O/c14-11-1-2-12(15)10(7-11)8-13(17-16)9-3-5-18-6-4-9/h1-2,7,9,13,17H,3-6,8,16H2. The van der Waals surface area contributed by atoms with Crippen molar-refractivity contribution < 1.29 is 9.13 Å². The van der Waals surface area contributed by atoms with E-state index in [4.69, 9.17) is 10.6 Å². The van der Waals surface area contributed by atoms with E-state index in [1.165, 1.54) is 6.07 Å². The Balaban J connectivity index is 2.06. The van der Waals surface area contributed by atoms with Gasteiger partial charge in [-0.2, -0.15) is 0 Å². The molecule has 1 unspecified atom stereocenters. The highest BCUT2D eigenvalue weighted by Gasteiger charge is 2.24. The van der Waals surface area contributed by atoms with Crippen molar-refractivity contribution in [2.45, 2.75) is 25.3 Å². The van der Waals surface area contributed by atoms with Gasteiger partial charge in [-0.05, 0) is 48.9 Å². The van der Waals surface area contributed by atoms with Crippen molar-refractivity contribution in [2.24, 2.45) is 11.8 Å². The molecule has 3 N–H and O–H groups in total. The molecule has 0 saturated carbocycles. The van der Waals surface area contributed by atoms with E-state index in [1.807, 2.05) is 6.07 Å². The lowest BCUT2D eigenvalue weighted by Gasteiger charge is -2.30. The first-order valence-electron chi connectivity index (χ1n) is 6.18. The average Bonchev–Trinajstić information content (AvgIpc) is 2.41. The van der Waals surface area contributed by atoms with Gasteiger partial charge in [-0.25, -0.2) is 4.39 Å². The summed E-state index contributed by atoms with van der Waals surface area (Å²) in [5.41, 5.74) is 3.52. The molecule has 1 aromatic carbocycles. The topological polar surface area (TPSA) is 47.3 Å². The summed E-state index contributed by atoms with van der Waals surface area (Å²) in [5.74, 6) is 5.89. The molecule has 1 aliphatic rings. The van der Waals surface area contributed by atoms with E-state index in [9.17, 15) is 4.39 Å². The zero-order valence-electron chi connectivity index (χ0n) is 10.2. The molecule has 0 amide bonds. The number of nitrogens with one attached hydrogen (secondary N) is 1. The SMILES string of the molecule is NNC(Cc1cc(Br)ccc1F)C1CCOCC1. The minimum atomic E-state index is -0.175. The maximum absolute atomic E-state index is 13.7. The zero-order valence-corrected chi connectivity index (χ0v) is 11.7. The molecule has 0 aliphatic carbocycles. The molecular weight excluding hydrogens is 299 g/mol. The number of benzene rings is 1. The van der Waals surface area contributed by atoms with Gasteiger partial charge in [0.25, 0.3) is 0 Å². The predicted molar refractivity (Wildman–Crippen MR) is 72.5 cm³/mol. The zero-order chi connectivity index (χ0) is 13.0. The molecule has 0 spiro atoms. The molecule has 0 radical (unpaired) electrons. The van der Waals surface area contributed by atoms with Crippen molar-refractivity contribution in [3.05, 3.63) is 34.1 Å². The fraction of sp³-hybridized carbons (Fsp3) is 0.538. The quantitative estimate of drug-likeness (QED) is 0.662. The molecule has 1 aliphatic heterocycles. The number of nitrogens with two attached hydrogens (primary N) is 1. The van der Waals surface area contributed by atoms with Gasteiger partial charge in [-0.15, -0.1) is 0 Å². The second-order valence-electron chi connectivity index (χ2n) is 4.66. The van der Waals surface area contributed by atoms with Gasteiger partial charge < -0.3 is 4.74 Å². The summed E-state index contributed by atoms with van der Waals surface area (Å²) in [4.78, 5) is 0. The van der Waals surface area contributed by atoms with E-state index in [0.29, 0.717) is 17.9 Å². The van der Waals surface area contributed by atoms with Crippen molar-refractivity contribution in [1.29, 1.82) is 0 Å². The van der Waals surface area contributed by atoms with Crippen molar-refractivity contribution in [3.8, 4) is 0 Å². The van der Waals surface area contributed by atoms with Crippen LogP contribution in [0.2, 0.25) is 0 Å². The lowest BCUT2D eigenvalue weighted by molar-refractivity contribution is 0.0537. The smallest absolute Gasteiger partial charge is 0.126 e. The van der Waals surface area contributed by atoms with Gasteiger partial charge in [0.2, 0.25) is 0 Å². The summed E-state index contributed by atoms with van der Waals surface area (Å²) in [5, 5.41) is 0. The van der Waals surface area contributed by atoms with Crippen LogP contribution in [0.1, 0.15) is 18.4 Å². The molecule has 18 heavy (non-hydrogen) atoms. The first-order chi connectivity index (χ1) is 8.70. The molecule has 1 atom stereocenters. The summed E-state index contributed by atoms with van der Waals surface area (Å²) in [7, 11) is 0. The van der Waals surface area contributed by atoms with Gasteiger partial charge in [0.1, 0.15) is 5.82 Å². The predicted octanol–water partition coefficient (Wildman–Crippen LogP) is 2.39. The van der Waals surface area contributed by atoms with E-state index in [1.54, 1.807) is 6.07 Å². The number of hydrogen-bond acceptors (Lipinski definition) is 3. The van der Waals surface area contributed by atoms with Gasteiger partial charge in [0.15, 0.2) is 0 Å². The second-order valence-corrected chi connectivity index (χ2v) is 5.58. The van der Waals surface area contributed by atoms with E-state index in [-0.39, 0.29) is 11.9 Å². The van der Waals surface area contributed by atoms with Crippen LogP contribution in [-0.2, 0) is 11.2 Å². The Kier molecular flexibility index (Phi) is 5.12. The van der Waals surface area contributed by atoms with Crippen LogP contribution >= 0.6 is 15.9 Å². The number of halogens is 2. The average molecular weight is 317 g/mol. The van der Waals surface area contributed by atoms with Crippen LogP contribution < -0.4 is 11.3 Å². The van der Waals surface area contributed by atoms with Crippen LogP contribution in [0, 0.1) is 11.7 Å². The van der Waals surface area contributed by atoms with Gasteiger partial charge >= 0.3 is 0 Å². The van der Waals surface area contributed by atoms with Crippen LogP contribution in [-0.4, -0.2) is 19.3 Å². The van der Waals surface area contributed by atoms with Gasteiger partial charge in [0, 0.05) is 23.7 Å². The minimum Gasteiger partial charge on any atom is -0.381 e.